The zero-order valence-electron chi connectivity index (χ0n) is 19.4. The van der Waals surface area contributed by atoms with Crippen LogP contribution in [0.15, 0.2) is 42.5 Å². The first-order valence-electron chi connectivity index (χ1n) is 10.6. The van der Waals surface area contributed by atoms with Gasteiger partial charge in [0.25, 0.3) is 0 Å². The Labute approximate surface area is 216 Å². The first-order chi connectivity index (χ1) is 15.8. The van der Waals surface area contributed by atoms with Crippen LogP contribution in [0.3, 0.4) is 0 Å². The first kappa shape index (κ1) is 28.2. The molecule has 0 radical (unpaired) electrons. The van der Waals surface area contributed by atoms with Gasteiger partial charge in [-0.1, -0.05) is 53.9 Å². The Kier molecular flexibility index (Phi) is 10.1. The maximum Gasteiger partial charge on any atom is 0.244 e. The molecule has 0 bridgehead atoms. The summed E-state index contributed by atoms with van der Waals surface area (Å²) >= 11 is 18.7. The van der Waals surface area contributed by atoms with Crippen LogP contribution in [0.4, 0.5) is 5.69 Å². The summed E-state index contributed by atoms with van der Waals surface area (Å²) in [6, 6.07) is 10.1. The van der Waals surface area contributed by atoms with E-state index < -0.39 is 28.5 Å². The molecule has 2 aromatic carbocycles. The van der Waals surface area contributed by atoms with Gasteiger partial charge in [-0.15, -0.1) is 0 Å². The molecule has 2 rings (SSSR count). The van der Waals surface area contributed by atoms with Gasteiger partial charge < -0.3 is 10.2 Å². The fraction of sp³-hybridized carbons (Fsp3) is 0.391. The highest BCUT2D eigenvalue weighted by Gasteiger charge is 2.31. The highest BCUT2D eigenvalue weighted by Crippen LogP contribution is 2.27. The van der Waals surface area contributed by atoms with E-state index in [4.69, 9.17) is 34.8 Å². The second-order valence-electron chi connectivity index (χ2n) is 7.97. The smallest absolute Gasteiger partial charge is 0.244 e. The number of hydrogen-bond acceptors (Lipinski definition) is 4. The molecule has 0 fully saturated rings. The molecule has 0 aliphatic rings. The molecule has 0 saturated carbocycles. The van der Waals surface area contributed by atoms with E-state index in [0.29, 0.717) is 27.1 Å². The summed E-state index contributed by atoms with van der Waals surface area (Å²) in [4.78, 5) is 27.7. The van der Waals surface area contributed by atoms with Gasteiger partial charge in [0.2, 0.25) is 21.8 Å². The Morgan fingerprint density at radius 2 is 1.62 bits per heavy atom. The van der Waals surface area contributed by atoms with Gasteiger partial charge in [-0.05, 0) is 50.6 Å². The van der Waals surface area contributed by atoms with Crippen LogP contribution >= 0.6 is 34.8 Å². The molecular weight excluding hydrogens is 521 g/mol. The normalized spacial score (nSPS) is 13.1. The number of halogens is 3. The lowest BCUT2D eigenvalue weighted by molar-refractivity contribution is -0.139. The number of benzene rings is 2. The Hall–Kier alpha value is -2.00. The fourth-order valence-electron chi connectivity index (χ4n) is 3.15. The molecule has 2 amide bonds. The van der Waals surface area contributed by atoms with Crippen molar-refractivity contribution in [2.45, 2.75) is 45.8 Å². The van der Waals surface area contributed by atoms with Crippen molar-refractivity contribution < 1.29 is 18.0 Å². The number of anilines is 1. The minimum atomic E-state index is -3.85. The SMILES string of the molecule is CC[C@H](C)NC(=O)[C@H](C)N(Cc1c(Cl)cccc1Cl)C(=O)CN(c1cccc(Cl)c1)S(C)(=O)=O. The van der Waals surface area contributed by atoms with Crippen LogP contribution < -0.4 is 9.62 Å². The van der Waals surface area contributed by atoms with E-state index in [0.717, 1.165) is 10.6 Å². The monoisotopic (exact) mass is 547 g/mol. The number of carbonyl (C=O) groups excluding carboxylic acids is 2. The van der Waals surface area contributed by atoms with Crippen molar-refractivity contribution in [1.29, 1.82) is 0 Å². The van der Waals surface area contributed by atoms with Crippen LogP contribution in [0, 0.1) is 0 Å². The van der Waals surface area contributed by atoms with Gasteiger partial charge in [-0.2, -0.15) is 0 Å². The zero-order valence-corrected chi connectivity index (χ0v) is 22.5. The Balaban J connectivity index is 2.45. The number of nitrogens with zero attached hydrogens (tertiary/aromatic N) is 2. The lowest BCUT2D eigenvalue weighted by Crippen LogP contribution is -2.52. The van der Waals surface area contributed by atoms with E-state index in [1.165, 1.54) is 17.0 Å². The minimum absolute atomic E-state index is 0.0837. The van der Waals surface area contributed by atoms with Crippen LogP contribution in [0.1, 0.15) is 32.8 Å². The van der Waals surface area contributed by atoms with Gasteiger partial charge in [0.05, 0.1) is 11.9 Å². The van der Waals surface area contributed by atoms with Crippen molar-refractivity contribution in [3.8, 4) is 0 Å². The van der Waals surface area contributed by atoms with Crippen molar-refractivity contribution in [2.75, 3.05) is 17.1 Å². The molecule has 7 nitrogen and oxygen atoms in total. The van der Waals surface area contributed by atoms with E-state index in [1.54, 1.807) is 37.3 Å². The van der Waals surface area contributed by atoms with Gasteiger partial charge in [0, 0.05) is 33.2 Å². The topological polar surface area (TPSA) is 86.8 Å². The maximum absolute atomic E-state index is 13.5. The molecule has 0 heterocycles. The highest BCUT2D eigenvalue weighted by atomic mass is 35.5. The number of hydrogen-bond donors (Lipinski definition) is 1. The molecular formula is C23H28Cl3N3O4S. The Bertz CT molecular complexity index is 1120. The molecule has 2 aromatic rings. The van der Waals surface area contributed by atoms with Crippen molar-refractivity contribution in [2.24, 2.45) is 0 Å². The minimum Gasteiger partial charge on any atom is -0.352 e. The third kappa shape index (κ3) is 7.50. The van der Waals surface area contributed by atoms with Gasteiger partial charge in [0.1, 0.15) is 12.6 Å². The van der Waals surface area contributed by atoms with Crippen LogP contribution in [0.25, 0.3) is 0 Å². The van der Waals surface area contributed by atoms with E-state index in [2.05, 4.69) is 5.32 Å². The lowest BCUT2D eigenvalue weighted by Gasteiger charge is -2.32. The molecule has 0 saturated heterocycles. The predicted molar refractivity (Wildman–Crippen MR) is 138 cm³/mol. The second kappa shape index (κ2) is 12.1. The summed E-state index contributed by atoms with van der Waals surface area (Å²) < 4.78 is 26.0. The summed E-state index contributed by atoms with van der Waals surface area (Å²) in [5.74, 6) is -0.979. The van der Waals surface area contributed by atoms with Crippen molar-refractivity contribution in [1.82, 2.24) is 10.2 Å². The molecule has 34 heavy (non-hydrogen) atoms. The largest absolute Gasteiger partial charge is 0.352 e. The van der Waals surface area contributed by atoms with Crippen LogP contribution in [0.2, 0.25) is 15.1 Å². The molecule has 0 unspecified atom stereocenters. The molecule has 0 spiro atoms. The number of nitrogens with one attached hydrogen (secondary N) is 1. The molecule has 1 N–H and O–H groups in total. The molecule has 186 valence electrons. The number of rotatable bonds is 10. The molecule has 2 atom stereocenters. The maximum atomic E-state index is 13.5. The summed E-state index contributed by atoms with van der Waals surface area (Å²) in [7, 11) is -3.85. The number of sulfonamides is 1. The van der Waals surface area contributed by atoms with E-state index >= 15 is 0 Å². The first-order valence-corrected chi connectivity index (χ1v) is 13.6. The molecule has 0 aromatic heterocycles. The predicted octanol–water partition coefficient (Wildman–Crippen LogP) is 4.74. The summed E-state index contributed by atoms with van der Waals surface area (Å²) in [6.07, 6.45) is 1.70. The van der Waals surface area contributed by atoms with Crippen molar-refractivity contribution >= 4 is 62.3 Å². The summed E-state index contributed by atoms with van der Waals surface area (Å²) in [5, 5.41) is 3.83. The van der Waals surface area contributed by atoms with Crippen LogP contribution in [-0.4, -0.2) is 50.0 Å². The molecule has 0 aliphatic heterocycles. The zero-order chi connectivity index (χ0) is 25.6. The van der Waals surface area contributed by atoms with E-state index in [-0.39, 0.29) is 24.2 Å². The van der Waals surface area contributed by atoms with Crippen molar-refractivity contribution in [3.63, 3.8) is 0 Å². The van der Waals surface area contributed by atoms with E-state index in [9.17, 15) is 18.0 Å². The molecule has 0 aliphatic carbocycles. The van der Waals surface area contributed by atoms with Crippen molar-refractivity contribution in [3.05, 3.63) is 63.1 Å². The molecule has 11 heteroatoms. The highest BCUT2D eigenvalue weighted by molar-refractivity contribution is 7.92. The van der Waals surface area contributed by atoms with Gasteiger partial charge >= 0.3 is 0 Å². The van der Waals surface area contributed by atoms with Gasteiger partial charge in [0.15, 0.2) is 0 Å². The van der Waals surface area contributed by atoms with Gasteiger partial charge in [-0.3, -0.25) is 13.9 Å². The average molecular weight is 549 g/mol. The fourth-order valence-corrected chi connectivity index (χ4v) is 4.69. The van der Waals surface area contributed by atoms with Crippen LogP contribution in [-0.2, 0) is 26.2 Å². The average Bonchev–Trinajstić information content (AvgIpc) is 2.75. The summed E-state index contributed by atoms with van der Waals surface area (Å²) in [6.45, 7) is 4.73. The quantitative estimate of drug-likeness (QED) is 0.464. The third-order valence-electron chi connectivity index (χ3n) is 5.33. The lowest BCUT2D eigenvalue weighted by atomic mass is 10.1. The van der Waals surface area contributed by atoms with E-state index in [1.807, 2.05) is 13.8 Å². The standard InChI is InChI=1S/C23H28Cl3N3O4S/c1-5-15(2)27-23(31)16(3)28(13-19-20(25)10-7-11-21(19)26)22(30)14-29(34(4,32)33)18-9-6-8-17(24)12-18/h6-12,15-16H,5,13-14H2,1-4H3,(H,27,31)/t15-,16-/m0/s1. The number of amides is 2. The number of carbonyl (C=O) groups is 2. The summed E-state index contributed by atoms with van der Waals surface area (Å²) in [5.41, 5.74) is 0.687. The second-order valence-corrected chi connectivity index (χ2v) is 11.1. The Morgan fingerprint density at radius 1 is 1.03 bits per heavy atom. The van der Waals surface area contributed by atoms with Crippen LogP contribution in [0.5, 0.6) is 0 Å². The third-order valence-corrected chi connectivity index (χ3v) is 7.42. The van der Waals surface area contributed by atoms with Gasteiger partial charge in [-0.25, -0.2) is 8.42 Å². The Morgan fingerprint density at radius 3 is 2.15 bits per heavy atom.